The molecule has 1 heterocycles. The number of nitrogens with one attached hydrogen (secondary N) is 1. The maximum Gasteiger partial charge on any atom is 0.244 e. The van der Waals surface area contributed by atoms with E-state index in [-0.39, 0.29) is 0 Å². The van der Waals surface area contributed by atoms with Gasteiger partial charge in [-0.05, 0) is 31.9 Å². The molecule has 6 heteroatoms. The maximum absolute atomic E-state index is 5.35. The molecule has 0 aliphatic rings. The predicted molar refractivity (Wildman–Crippen MR) is 88.6 cm³/mol. The molecule has 1 aromatic carbocycles. The highest BCUT2D eigenvalue weighted by molar-refractivity contribution is 5.40. The molecule has 2 aromatic rings. The van der Waals surface area contributed by atoms with Gasteiger partial charge in [-0.2, -0.15) is 10.1 Å². The summed E-state index contributed by atoms with van der Waals surface area (Å²) < 4.78 is 5.35. The van der Waals surface area contributed by atoms with Crippen LogP contribution in [0.15, 0.2) is 30.5 Å². The minimum atomic E-state index is 0.555. The third kappa shape index (κ3) is 4.07. The SMILES string of the molecule is CCN(CC)c1cnnc(NCCc2ccccc2OC)n1. The van der Waals surface area contributed by atoms with Crippen molar-refractivity contribution in [2.45, 2.75) is 20.3 Å². The molecular weight excluding hydrogens is 278 g/mol. The molecule has 0 unspecified atom stereocenters. The highest BCUT2D eigenvalue weighted by Crippen LogP contribution is 2.17. The van der Waals surface area contributed by atoms with Crippen molar-refractivity contribution in [1.29, 1.82) is 0 Å². The van der Waals surface area contributed by atoms with Crippen molar-refractivity contribution >= 4 is 11.8 Å². The summed E-state index contributed by atoms with van der Waals surface area (Å²) >= 11 is 0. The van der Waals surface area contributed by atoms with Crippen LogP contribution in [0.3, 0.4) is 0 Å². The van der Waals surface area contributed by atoms with E-state index in [0.717, 1.165) is 43.2 Å². The van der Waals surface area contributed by atoms with E-state index in [0.29, 0.717) is 5.95 Å². The lowest BCUT2D eigenvalue weighted by Gasteiger charge is -2.19. The van der Waals surface area contributed by atoms with Crippen molar-refractivity contribution < 1.29 is 4.74 Å². The van der Waals surface area contributed by atoms with E-state index in [1.165, 1.54) is 0 Å². The summed E-state index contributed by atoms with van der Waals surface area (Å²) in [5, 5.41) is 11.3. The molecule has 0 aliphatic heterocycles. The van der Waals surface area contributed by atoms with Crippen LogP contribution < -0.4 is 15.0 Å². The zero-order chi connectivity index (χ0) is 15.8. The smallest absolute Gasteiger partial charge is 0.244 e. The van der Waals surface area contributed by atoms with Crippen molar-refractivity contribution in [1.82, 2.24) is 15.2 Å². The Hall–Kier alpha value is -2.37. The lowest BCUT2D eigenvalue weighted by molar-refractivity contribution is 0.410. The van der Waals surface area contributed by atoms with Gasteiger partial charge in [-0.15, -0.1) is 5.10 Å². The van der Waals surface area contributed by atoms with Crippen LogP contribution in [0.2, 0.25) is 0 Å². The van der Waals surface area contributed by atoms with E-state index in [9.17, 15) is 0 Å². The summed E-state index contributed by atoms with van der Waals surface area (Å²) in [4.78, 5) is 6.64. The number of anilines is 2. The van der Waals surface area contributed by atoms with E-state index < -0.39 is 0 Å². The van der Waals surface area contributed by atoms with Gasteiger partial charge in [0.05, 0.1) is 13.3 Å². The number of hydrogen-bond acceptors (Lipinski definition) is 6. The van der Waals surface area contributed by atoms with Gasteiger partial charge in [0.25, 0.3) is 0 Å². The van der Waals surface area contributed by atoms with Crippen LogP contribution in [-0.4, -0.2) is 41.9 Å². The number of aromatic nitrogens is 3. The number of para-hydroxylation sites is 1. The van der Waals surface area contributed by atoms with Crippen LogP contribution in [0.5, 0.6) is 5.75 Å². The summed E-state index contributed by atoms with van der Waals surface area (Å²) in [5.74, 6) is 2.30. The minimum absolute atomic E-state index is 0.555. The van der Waals surface area contributed by atoms with E-state index in [1.54, 1.807) is 13.3 Å². The van der Waals surface area contributed by atoms with Crippen LogP contribution in [0.1, 0.15) is 19.4 Å². The van der Waals surface area contributed by atoms with E-state index >= 15 is 0 Å². The van der Waals surface area contributed by atoms with Crippen LogP contribution in [0.4, 0.5) is 11.8 Å². The normalized spacial score (nSPS) is 10.3. The monoisotopic (exact) mass is 301 g/mol. The van der Waals surface area contributed by atoms with Crippen LogP contribution >= 0.6 is 0 Å². The summed E-state index contributed by atoms with van der Waals surface area (Å²) in [6, 6.07) is 8.01. The lowest BCUT2D eigenvalue weighted by Crippen LogP contribution is -2.24. The van der Waals surface area contributed by atoms with Gasteiger partial charge < -0.3 is 15.0 Å². The molecule has 118 valence electrons. The third-order valence-electron chi connectivity index (χ3n) is 3.50. The van der Waals surface area contributed by atoms with Gasteiger partial charge in [-0.1, -0.05) is 18.2 Å². The van der Waals surface area contributed by atoms with Crippen molar-refractivity contribution in [3.8, 4) is 5.75 Å². The second kappa shape index (κ2) is 8.17. The Balaban J connectivity index is 1.96. The molecular formula is C16H23N5O. The highest BCUT2D eigenvalue weighted by atomic mass is 16.5. The summed E-state index contributed by atoms with van der Waals surface area (Å²) in [7, 11) is 1.69. The Morgan fingerprint density at radius 2 is 1.95 bits per heavy atom. The fourth-order valence-corrected chi connectivity index (χ4v) is 2.29. The molecule has 0 amide bonds. The molecule has 0 fully saturated rings. The number of ether oxygens (including phenoxy) is 1. The zero-order valence-electron chi connectivity index (χ0n) is 13.4. The highest BCUT2D eigenvalue weighted by Gasteiger charge is 2.06. The van der Waals surface area contributed by atoms with Crippen LogP contribution in [-0.2, 0) is 6.42 Å². The number of benzene rings is 1. The van der Waals surface area contributed by atoms with Gasteiger partial charge in [0.1, 0.15) is 5.75 Å². The molecule has 0 aliphatic carbocycles. The first-order valence-corrected chi connectivity index (χ1v) is 7.58. The van der Waals surface area contributed by atoms with E-state index in [2.05, 4.69) is 45.3 Å². The first kappa shape index (κ1) is 16.0. The fraction of sp³-hybridized carbons (Fsp3) is 0.438. The lowest BCUT2D eigenvalue weighted by atomic mass is 10.1. The Labute approximate surface area is 131 Å². The molecule has 0 bridgehead atoms. The topological polar surface area (TPSA) is 63.2 Å². The first-order valence-electron chi connectivity index (χ1n) is 7.58. The summed E-state index contributed by atoms with van der Waals surface area (Å²) in [5.41, 5.74) is 1.16. The molecule has 2 rings (SSSR count). The Morgan fingerprint density at radius 1 is 1.18 bits per heavy atom. The first-order chi connectivity index (χ1) is 10.8. The Morgan fingerprint density at radius 3 is 2.68 bits per heavy atom. The molecule has 1 aromatic heterocycles. The summed E-state index contributed by atoms with van der Waals surface area (Å²) in [6.07, 6.45) is 2.53. The molecule has 0 saturated carbocycles. The van der Waals surface area contributed by atoms with Gasteiger partial charge in [0.2, 0.25) is 5.95 Å². The Bertz CT molecular complexity index is 586. The van der Waals surface area contributed by atoms with Gasteiger partial charge in [0, 0.05) is 19.6 Å². The molecule has 22 heavy (non-hydrogen) atoms. The van der Waals surface area contributed by atoms with E-state index in [1.807, 2.05) is 18.2 Å². The molecule has 0 atom stereocenters. The quantitative estimate of drug-likeness (QED) is 0.807. The second-order valence-electron chi connectivity index (χ2n) is 4.80. The third-order valence-corrected chi connectivity index (χ3v) is 3.50. The molecule has 1 N–H and O–H groups in total. The van der Waals surface area contributed by atoms with Gasteiger partial charge in [-0.3, -0.25) is 0 Å². The predicted octanol–water partition coefficient (Wildman–Crippen LogP) is 2.38. The maximum atomic E-state index is 5.35. The minimum Gasteiger partial charge on any atom is -0.496 e. The van der Waals surface area contributed by atoms with Crippen molar-refractivity contribution in [2.24, 2.45) is 0 Å². The number of rotatable bonds is 8. The summed E-state index contributed by atoms with van der Waals surface area (Å²) in [6.45, 7) is 6.72. The molecule has 0 spiro atoms. The average molecular weight is 301 g/mol. The molecule has 0 saturated heterocycles. The van der Waals surface area contributed by atoms with Crippen LogP contribution in [0.25, 0.3) is 0 Å². The molecule has 0 radical (unpaired) electrons. The fourth-order valence-electron chi connectivity index (χ4n) is 2.29. The van der Waals surface area contributed by atoms with Crippen LogP contribution in [0, 0.1) is 0 Å². The number of nitrogens with zero attached hydrogens (tertiary/aromatic N) is 4. The van der Waals surface area contributed by atoms with Gasteiger partial charge in [-0.25, -0.2) is 0 Å². The molecule has 6 nitrogen and oxygen atoms in total. The second-order valence-corrected chi connectivity index (χ2v) is 4.80. The van der Waals surface area contributed by atoms with Gasteiger partial charge >= 0.3 is 0 Å². The van der Waals surface area contributed by atoms with Crippen molar-refractivity contribution in [3.05, 3.63) is 36.0 Å². The largest absolute Gasteiger partial charge is 0.496 e. The standard InChI is InChI=1S/C16H23N5O/c1-4-21(5-2)15-12-18-20-16(19-15)17-11-10-13-8-6-7-9-14(13)22-3/h6-9,12H,4-5,10-11H2,1-3H3,(H,17,19,20). The van der Waals surface area contributed by atoms with Crippen molar-refractivity contribution in [3.63, 3.8) is 0 Å². The van der Waals surface area contributed by atoms with E-state index in [4.69, 9.17) is 4.74 Å². The average Bonchev–Trinajstić information content (AvgIpc) is 2.57. The Kier molecular flexibility index (Phi) is 5.94. The number of methoxy groups -OCH3 is 1. The van der Waals surface area contributed by atoms with Crippen molar-refractivity contribution in [2.75, 3.05) is 37.0 Å². The zero-order valence-corrected chi connectivity index (χ0v) is 13.4. The van der Waals surface area contributed by atoms with Gasteiger partial charge in [0.15, 0.2) is 5.82 Å². The number of hydrogen-bond donors (Lipinski definition) is 1.